The van der Waals surface area contributed by atoms with Crippen molar-refractivity contribution in [1.82, 2.24) is 9.55 Å². The summed E-state index contributed by atoms with van der Waals surface area (Å²) in [5, 5.41) is 0. The predicted molar refractivity (Wildman–Crippen MR) is 75.2 cm³/mol. The Morgan fingerprint density at radius 1 is 1.15 bits per heavy atom. The lowest BCUT2D eigenvalue weighted by Gasteiger charge is -2.07. The van der Waals surface area contributed by atoms with E-state index >= 15 is 0 Å². The molecule has 0 amide bonds. The minimum atomic E-state index is -0.473. The van der Waals surface area contributed by atoms with E-state index in [1.807, 2.05) is 17.6 Å². The van der Waals surface area contributed by atoms with E-state index in [0.29, 0.717) is 29.0 Å². The van der Waals surface area contributed by atoms with Gasteiger partial charge in [-0.1, -0.05) is 6.07 Å². The first-order chi connectivity index (χ1) is 9.61. The molecular weight excluding hydrogens is 260 g/mol. The normalized spacial score (nSPS) is 11.2. The van der Waals surface area contributed by atoms with Gasteiger partial charge in [0.2, 0.25) is 0 Å². The molecule has 0 saturated heterocycles. The Hall–Kier alpha value is -2.43. The topological polar surface area (TPSA) is 43.8 Å². The largest absolute Gasteiger partial charge is 0.396 e. The molecule has 2 N–H and O–H groups in total. The SMILES string of the molecule is CCn1c(-c2ccc(F)c(N)c2)nc2c(F)cccc21. The van der Waals surface area contributed by atoms with Crippen LogP contribution < -0.4 is 5.73 Å². The van der Waals surface area contributed by atoms with Crippen molar-refractivity contribution in [1.29, 1.82) is 0 Å². The highest BCUT2D eigenvalue weighted by Crippen LogP contribution is 2.28. The number of anilines is 1. The van der Waals surface area contributed by atoms with E-state index in [1.165, 1.54) is 18.2 Å². The molecular formula is C15H13F2N3. The molecule has 3 aromatic rings. The Balaban J connectivity index is 2.30. The molecule has 102 valence electrons. The van der Waals surface area contributed by atoms with Crippen molar-refractivity contribution < 1.29 is 8.78 Å². The number of hydrogen-bond acceptors (Lipinski definition) is 2. The first-order valence-electron chi connectivity index (χ1n) is 6.32. The lowest BCUT2D eigenvalue weighted by atomic mass is 10.2. The summed E-state index contributed by atoms with van der Waals surface area (Å²) in [4.78, 5) is 4.33. The van der Waals surface area contributed by atoms with Crippen molar-refractivity contribution in [2.75, 3.05) is 5.73 Å². The van der Waals surface area contributed by atoms with Crippen molar-refractivity contribution in [3.05, 3.63) is 48.0 Å². The fraction of sp³-hybridized carbons (Fsp3) is 0.133. The maximum atomic E-state index is 13.8. The zero-order valence-electron chi connectivity index (χ0n) is 10.9. The number of hydrogen-bond donors (Lipinski definition) is 1. The molecule has 0 saturated carbocycles. The van der Waals surface area contributed by atoms with Crippen molar-refractivity contribution >= 4 is 16.7 Å². The second-order valence-electron chi connectivity index (χ2n) is 4.52. The average Bonchev–Trinajstić information content (AvgIpc) is 2.82. The molecule has 0 aliphatic heterocycles. The van der Waals surface area contributed by atoms with Crippen molar-refractivity contribution in [3.8, 4) is 11.4 Å². The van der Waals surface area contributed by atoms with Crippen molar-refractivity contribution in [2.45, 2.75) is 13.5 Å². The van der Waals surface area contributed by atoms with Gasteiger partial charge in [0, 0.05) is 12.1 Å². The number of aryl methyl sites for hydroxylation is 1. The van der Waals surface area contributed by atoms with E-state index < -0.39 is 5.82 Å². The molecule has 0 fully saturated rings. The smallest absolute Gasteiger partial charge is 0.151 e. The number of fused-ring (bicyclic) bond motifs is 1. The number of rotatable bonds is 2. The highest BCUT2D eigenvalue weighted by atomic mass is 19.1. The van der Waals surface area contributed by atoms with E-state index in [9.17, 15) is 8.78 Å². The quantitative estimate of drug-likeness (QED) is 0.725. The number of aromatic nitrogens is 2. The third kappa shape index (κ3) is 1.82. The van der Waals surface area contributed by atoms with Gasteiger partial charge in [-0.05, 0) is 37.3 Å². The van der Waals surface area contributed by atoms with Crippen LogP contribution in [0.2, 0.25) is 0 Å². The molecule has 0 unspecified atom stereocenters. The lowest BCUT2D eigenvalue weighted by molar-refractivity contribution is 0.632. The molecule has 3 nitrogen and oxygen atoms in total. The standard InChI is InChI=1S/C15H13F2N3/c1-2-20-13-5-3-4-11(17)14(13)19-15(20)9-6-7-10(16)12(18)8-9/h3-8H,2,18H2,1H3. The van der Waals surface area contributed by atoms with Crippen LogP contribution in [0.5, 0.6) is 0 Å². The predicted octanol–water partition coefficient (Wildman–Crippen LogP) is 3.58. The summed E-state index contributed by atoms with van der Waals surface area (Å²) in [5.74, 6) is -0.260. The molecule has 20 heavy (non-hydrogen) atoms. The lowest BCUT2D eigenvalue weighted by Crippen LogP contribution is -1.99. The van der Waals surface area contributed by atoms with Gasteiger partial charge in [0.15, 0.2) is 5.82 Å². The Bertz CT molecular complexity index is 793. The van der Waals surface area contributed by atoms with Crippen LogP contribution in [0.1, 0.15) is 6.92 Å². The second-order valence-corrected chi connectivity index (χ2v) is 4.52. The highest BCUT2D eigenvalue weighted by Gasteiger charge is 2.14. The maximum Gasteiger partial charge on any atom is 0.151 e. The van der Waals surface area contributed by atoms with Crippen LogP contribution in [0.4, 0.5) is 14.5 Å². The molecule has 0 aliphatic rings. The number of imidazole rings is 1. The Kier molecular flexibility index (Phi) is 2.89. The molecule has 0 atom stereocenters. The summed E-state index contributed by atoms with van der Waals surface area (Å²) in [6.45, 7) is 2.58. The number of benzene rings is 2. The molecule has 5 heteroatoms. The van der Waals surface area contributed by atoms with E-state index in [-0.39, 0.29) is 11.5 Å². The molecule has 0 aliphatic carbocycles. The Morgan fingerprint density at radius 3 is 2.65 bits per heavy atom. The molecule has 0 bridgehead atoms. The minimum Gasteiger partial charge on any atom is -0.396 e. The van der Waals surface area contributed by atoms with E-state index in [2.05, 4.69) is 4.98 Å². The zero-order valence-corrected chi connectivity index (χ0v) is 10.9. The monoisotopic (exact) mass is 273 g/mol. The summed E-state index contributed by atoms with van der Waals surface area (Å²) in [6.07, 6.45) is 0. The van der Waals surface area contributed by atoms with Crippen molar-refractivity contribution in [3.63, 3.8) is 0 Å². The van der Waals surface area contributed by atoms with E-state index in [1.54, 1.807) is 12.1 Å². The first kappa shape index (κ1) is 12.6. The van der Waals surface area contributed by atoms with Crippen LogP contribution in [0.3, 0.4) is 0 Å². The molecule has 1 aromatic heterocycles. The summed E-state index contributed by atoms with van der Waals surface area (Å²) in [6, 6.07) is 9.23. The average molecular weight is 273 g/mol. The second kappa shape index (κ2) is 4.59. The molecule has 2 aromatic carbocycles. The molecule has 1 heterocycles. The van der Waals surface area contributed by atoms with Gasteiger partial charge >= 0.3 is 0 Å². The van der Waals surface area contributed by atoms with E-state index in [4.69, 9.17) is 5.73 Å². The van der Waals surface area contributed by atoms with Crippen LogP contribution in [0.25, 0.3) is 22.4 Å². The third-order valence-electron chi connectivity index (χ3n) is 3.30. The molecule has 0 spiro atoms. The van der Waals surface area contributed by atoms with Crippen LogP contribution in [-0.2, 0) is 6.54 Å². The van der Waals surface area contributed by atoms with Crippen molar-refractivity contribution in [2.24, 2.45) is 0 Å². The molecule has 0 radical (unpaired) electrons. The number of para-hydroxylation sites is 1. The summed E-state index contributed by atoms with van der Waals surface area (Å²) in [5.41, 5.74) is 7.33. The van der Waals surface area contributed by atoms with Gasteiger partial charge in [-0.25, -0.2) is 13.8 Å². The Morgan fingerprint density at radius 2 is 1.95 bits per heavy atom. The number of halogens is 2. The summed E-state index contributed by atoms with van der Waals surface area (Å²) in [7, 11) is 0. The fourth-order valence-corrected chi connectivity index (χ4v) is 2.34. The van der Waals surface area contributed by atoms with Gasteiger partial charge < -0.3 is 10.3 Å². The first-order valence-corrected chi connectivity index (χ1v) is 6.32. The van der Waals surface area contributed by atoms with Gasteiger partial charge in [0.1, 0.15) is 17.2 Å². The highest BCUT2D eigenvalue weighted by molar-refractivity contribution is 5.81. The van der Waals surface area contributed by atoms with Crippen LogP contribution in [0.15, 0.2) is 36.4 Å². The minimum absolute atomic E-state index is 0.0534. The number of nitrogens with two attached hydrogens (primary N) is 1. The number of nitrogen functional groups attached to an aromatic ring is 1. The summed E-state index contributed by atoms with van der Waals surface area (Å²) < 4.78 is 28.9. The fourth-order valence-electron chi connectivity index (χ4n) is 2.34. The van der Waals surface area contributed by atoms with Gasteiger partial charge in [-0.3, -0.25) is 0 Å². The zero-order chi connectivity index (χ0) is 14.3. The van der Waals surface area contributed by atoms with E-state index in [0.717, 1.165) is 0 Å². The molecule has 3 rings (SSSR count). The van der Waals surface area contributed by atoms with Gasteiger partial charge in [0.25, 0.3) is 0 Å². The van der Waals surface area contributed by atoms with Crippen LogP contribution in [-0.4, -0.2) is 9.55 Å². The van der Waals surface area contributed by atoms with Crippen LogP contribution >= 0.6 is 0 Å². The third-order valence-corrected chi connectivity index (χ3v) is 3.30. The summed E-state index contributed by atoms with van der Waals surface area (Å²) >= 11 is 0. The van der Waals surface area contributed by atoms with Gasteiger partial charge in [0.05, 0.1) is 11.2 Å². The maximum absolute atomic E-state index is 13.8. The van der Waals surface area contributed by atoms with Crippen LogP contribution in [0, 0.1) is 11.6 Å². The van der Waals surface area contributed by atoms with Gasteiger partial charge in [-0.2, -0.15) is 0 Å². The Labute approximate surface area is 114 Å². The number of nitrogens with zero attached hydrogens (tertiary/aromatic N) is 2. The van der Waals surface area contributed by atoms with Gasteiger partial charge in [-0.15, -0.1) is 0 Å².